The van der Waals surface area contributed by atoms with E-state index in [1.807, 2.05) is 0 Å². The molecule has 0 N–H and O–H groups in total. The van der Waals surface area contributed by atoms with E-state index < -0.39 is 0 Å². The summed E-state index contributed by atoms with van der Waals surface area (Å²) in [5, 5.41) is 1.44. The predicted molar refractivity (Wildman–Crippen MR) is 88.1 cm³/mol. The Kier molecular flexibility index (Phi) is 3.71. The maximum Gasteiger partial charge on any atom is 0.168 e. The van der Waals surface area contributed by atoms with Crippen LogP contribution in [0.2, 0.25) is 0 Å². The number of benzene rings is 1. The molecule has 2 heterocycles. The van der Waals surface area contributed by atoms with Crippen molar-refractivity contribution in [1.29, 1.82) is 0 Å². The quantitative estimate of drug-likeness (QED) is 0.835. The topological polar surface area (TPSA) is 23.4 Å². The van der Waals surface area contributed by atoms with Crippen molar-refractivity contribution in [3.63, 3.8) is 0 Å². The van der Waals surface area contributed by atoms with Crippen molar-refractivity contribution < 1.29 is 9.47 Å². The summed E-state index contributed by atoms with van der Waals surface area (Å²) in [6.07, 6.45) is 7.97. The van der Waals surface area contributed by atoms with Gasteiger partial charge in [-0.3, -0.25) is 0 Å². The van der Waals surface area contributed by atoms with Gasteiger partial charge in [-0.05, 0) is 36.8 Å². The highest BCUT2D eigenvalue weighted by atomic mass is 16.7. The number of aryl methyl sites for hydroxylation is 1. The number of aromatic nitrogens is 1. The van der Waals surface area contributed by atoms with Crippen molar-refractivity contribution in [1.82, 2.24) is 4.57 Å². The number of fused-ring (bicyclic) bond motifs is 1. The second-order valence-electron chi connectivity index (χ2n) is 6.68. The van der Waals surface area contributed by atoms with E-state index in [1.165, 1.54) is 35.7 Å². The number of rotatable bonds is 3. The van der Waals surface area contributed by atoms with Gasteiger partial charge in [-0.2, -0.15) is 0 Å². The Balaban J connectivity index is 1.61. The molecule has 1 saturated carbocycles. The third-order valence-electron chi connectivity index (χ3n) is 5.28. The van der Waals surface area contributed by atoms with Crippen LogP contribution in [0, 0.1) is 0 Å². The molecule has 1 saturated heterocycles. The maximum absolute atomic E-state index is 5.87. The highest BCUT2D eigenvalue weighted by molar-refractivity contribution is 5.84. The standard InChI is InChI=1S/C19H25NO2/c1-2-11-20-14-17(16-5-3-4-6-18(16)20)15-7-9-19(10-8-15)21-12-13-22-19/h3-6,14-15H,2,7-13H2,1H3. The van der Waals surface area contributed by atoms with Crippen molar-refractivity contribution in [3.8, 4) is 0 Å². The number of nitrogens with zero attached hydrogens (tertiary/aromatic N) is 1. The predicted octanol–water partition coefficient (Wildman–Crippen LogP) is 4.45. The van der Waals surface area contributed by atoms with Gasteiger partial charge in [-0.15, -0.1) is 0 Å². The third kappa shape index (κ3) is 2.37. The summed E-state index contributed by atoms with van der Waals surface area (Å²) in [6, 6.07) is 8.84. The van der Waals surface area contributed by atoms with E-state index in [0.717, 1.165) is 32.6 Å². The molecule has 0 atom stereocenters. The molecule has 0 amide bonds. The van der Waals surface area contributed by atoms with Gasteiger partial charge in [0, 0.05) is 36.5 Å². The summed E-state index contributed by atoms with van der Waals surface area (Å²) in [4.78, 5) is 0. The molecular weight excluding hydrogens is 274 g/mol. The van der Waals surface area contributed by atoms with Gasteiger partial charge in [0.05, 0.1) is 13.2 Å². The van der Waals surface area contributed by atoms with Gasteiger partial charge in [-0.1, -0.05) is 25.1 Å². The molecule has 0 radical (unpaired) electrons. The van der Waals surface area contributed by atoms with Gasteiger partial charge in [0.1, 0.15) is 0 Å². The summed E-state index contributed by atoms with van der Waals surface area (Å²) in [7, 11) is 0. The van der Waals surface area contributed by atoms with Gasteiger partial charge in [0.15, 0.2) is 5.79 Å². The molecule has 2 fully saturated rings. The van der Waals surface area contributed by atoms with E-state index in [2.05, 4.69) is 42.0 Å². The first kappa shape index (κ1) is 14.3. The van der Waals surface area contributed by atoms with E-state index >= 15 is 0 Å². The summed E-state index contributed by atoms with van der Waals surface area (Å²) in [5.74, 6) is 0.389. The largest absolute Gasteiger partial charge is 0.348 e. The van der Waals surface area contributed by atoms with Crippen molar-refractivity contribution in [3.05, 3.63) is 36.0 Å². The summed E-state index contributed by atoms with van der Waals surface area (Å²) >= 11 is 0. The van der Waals surface area contributed by atoms with E-state index in [0.29, 0.717) is 5.92 Å². The van der Waals surface area contributed by atoms with Crippen LogP contribution in [0.1, 0.15) is 50.5 Å². The Hall–Kier alpha value is -1.32. The van der Waals surface area contributed by atoms with Gasteiger partial charge in [0.2, 0.25) is 0 Å². The Bertz CT molecular complexity index is 644. The first-order valence-electron chi connectivity index (χ1n) is 8.67. The minimum absolute atomic E-state index is 0.252. The van der Waals surface area contributed by atoms with Crippen LogP contribution in [-0.2, 0) is 16.0 Å². The average molecular weight is 299 g/mol. The normalized spacial score (nSPS) is 21.9. The first-order valence-corrected chi connectivity index (χ1v) is 8.67. The van der Waals surface area contributed by atoms with Crippen LogP contribution < -0.4 is 0 Å². The zero-order chi connectivity index (χ0) is 15.0. The lowest BCUT2D eigenvalue weighted by molar-refractivity contribution is -0.178. The van der Waals surface area contributed by atoms with Crippen LogP contribution in [0.5, 0.6) is 0 Å². The molecule has 3 heteroatoms. The summed E-state index contributed by atoms with van der Waals surface area (Å²) in [5.41, 5.74) is 2.91. The van der Waals surface area contributed by atoms with Crippen LogP contribution in [0.25, 0.3) is 10.9 Å². The number of hydrogen-bond acceptors (Lipinski definition) is 2. The molecule has 1 aliphatic carbocycles. The Morgan fingerprint density at radius 3 is 2.59 bits per heavy atom. The lowest BCUT2D eigenvalue weighted by Gasteiger charge is -2.35. The van der Waals surface area contributed by atoms with Gasteiger partial charge >= 0.3 is 0 Å². The zero-order valence-corrected chi connectivity index (χ0v) is 13.4. The molecule has 1 aromatic heterocycles. The van der Waals surface area contributed by atoms with Gasteiger partial charge < -0.3 is 14.0 Å². The molecule has 2 aliphatic rings. The summed E-state index contributed by atoms with van der Waals surface area (Å²) in [6.45, 7) is 4.87. The minimum atomic E-state index is -0.252. The van der Waals surface area contributed by atoms with Crippen LogP contribution in [0.15, 0.2) is 30.5 Å². The van der Waals surface area contributed by atoms with Crippen molar-refractivity contribution >= 4 is 10.9 Å². The lowest BCUT2D eigenvalue weighted by atomic mass is 9.81. The number of ether oxygens (including phenoxy) is 2. The first-order chi connectivity index (χ1) is 10.8. The monoisotopic (exact) mass is 299 g/mol. The second-order valence-corrected chi connectivity index (χ2v) is 6.68. The molecule has 22 heavy (non-hydrogen) atoms. The molecule has 1 aliphatic heterocycles. The van der Waals surface area contributed by atoms with Crippen LogP contribution >= 0.6 is 0 Å². The minimum Gasteiger partial charge on any atom is -0.348 e. The highest BCUT2D eigenvalue weighted by Crippen LogP contribution is 2.44. The lowest BCUT2D eigenvalue weighted by Crippen LogP contribution is -2.34. The zero-order valence-electron chi connectivity index (χ0n) is 13.4. The van der Waals surface area contributed by atoms with E-state index in [1.54, 1.807) is 0 Å². The molecule has 1 spiro atoms. The fourth-order valence-corrected chi connectivity index (χ4v) is 4.18. The summed E-state index contributed by atoms with van der Waals surface area (Å²) < 4.78 is 14.2. The molecule has 0 bridgehead atoms. The molecule has 118 valence electrons. The van der Waals surface area contributed by atoms with Crippen molar-refractivity contribution in [2.75, 3.05) is 13.2 Å². The van der Waals surface area contributed by atoms with E-state index in [4.69, 9.17) is 9.47 Å². The smallest absolute Gasteiger partial charge is 0.168 e. The fraction of sp³-hybridized carbons (Fsp3) is 0.579. The van der Waals surface area contributed by atoms with Crippen LogP contribution in [0.4, 0.5) is 0 Å². The third-order valence-corrected chi connectivity index (χ3v) is 5.28. The SMILES string of the molecule is CCCn1cc(C2CCC3(CC2)OCCO3)c2ccccc21. The Morgan fingerprint density at radius 2 is 1.86 bits per heavy atom. The van der Waals surface area contributed by atoms with Gasteiger partial charge in [0.25, 0.3) is 0 Å². The molecule has 4 rings (SSSR count). The van der Waals surface area contributed by atoms with Crippen LogP contribution in [0.3, 0.4) is 0 Å². The van der Waals surface area contributed by atoms with Gasteiger partial charge in [-0.25, -0.2) is 0 Å². The van der Waals surface area contributed by atoms with Crippen LogP contribution in [-0.4, -0.2) is 23.6 Å². The second kappa shape index (κ2) is 5.71. The molecule has 1 aromatic carbocycles. The van der Waals surface area contributed by atoms with E-state index in [-0.39, 0.29) is 5.79 Å². The fourth-order valence-electron chi connectivity index (χ4n) is 4.18. The average Bonchev–Trinajstić information content (AvgIpc) is 3.15. The molecule has 2 aromatic rings. The molecule has 0 unspecified atom stereocenters. The Morgan fingerprint density at radius 1 is 1.14 bits per heavy atom. The molecular formula is C19H25NO2. The molecule has 3 nitrogen and oxygen atoms in total. The maximum atomic E-state index is 5.87. The van der Waals surface area contributed by atoms with Crippen molar-refractivity contribution in [2.24, 2.45) is 0 Å². The van der Waals surface area contributed by atoms with Crippen molar-refractivity contribution in [2.45, 2.75) is 57.3 Å². The number of hydrogen-bond donors (Lipinski definition) is 0. The Labute approximate surface area is 132 Å². The highest BCUT2D eigenvalue weighted by Gasteiger charge is 2.40. The number of para-hydroxylation sites is 1. The van der Waals surface area contributed by atoms with E-state index in [9.17, 15) is 0 Å².